The van der Waals surface area contributed by atoms with Gasteiger partial charge in [-0.3, -0.25) is 34.0 Å². The third-order valence-electron chi connectivity index (χ3n) is 11.5. The number of aliphatic imine (C=N–C) groups is 2. The molecule has 0 bridgehead atoms. The molecule has 2 aromatic rings. The second-order valence-electron chi connectivity index (χ2n) is 16.1. The lowest BCUT2D eigenvalue weighted by Gasteiger charge is -2.29. The number of benzene rings is 2. The van der Waals surface area contributed by atoms with Crippen molar-refractivity contribution in [2.75, 3.05) is 26.8 Å². The molecule has 9 N–H and O–H groups in total. The van der Waals surface area contributed by atoms with E-state index in [9.17, 15) is 43.8 Å². The number of ether oxygens (including phenoxy) is 2. The predicted octanol–water partition coefficient (Wildman–Crippen LogP) is 0.0721. The van der Waals surface area contributed by atoms with Crippen molar-refractivity contribution < 1.29 is 53.2 Å². The van der Waals surface area contributed by atoms with E-state index in [1.807, 2.05) is 48.5 Å². The van der Waals surface area contributed by atoms with Crippen LogP contribution in [0.3, 0.4) is 0 Å². The summed E-state index contributed by atoms with van der Waals surface area (Å²) in [4.78, 5) is 102. The van der Waals surface area contributed by atoms with Gasteiger partial charge in [0.2, 0.25) is 29.5 Å². The van der Waals surface area contributed by atoms with Crippen molar-refractivity contribution in [1.82, 2.24) is 26.2 Å². The maximum absolute atomic E-state index is 14.4. The van der Waals surface area contributed by atoms with Crippen molar-refractivity contribution >= 4 is 53.5 Å². The molecule has 20 nitrogen and oxygen atoms in total. The normalized spacial score (nSPS) is 22.6. The van der Waals surface area contributed by atoms with Gasteiger partial charge in [0.15, 0.2) is 5.96 Å². The molecule has 5 rings (SSSR count). The van der Waals surface area contributed by atoms with Crippen LogP contribution in [0.1, 0.15) is 88.2 Å². The summed E-state index contributed by atoms with van der Waals surface area (Å²) in [5.74, 6) is -5.89. The molecule has 1 aliphatic carbocycles. The number of nitrogens with two attached hydrogens (primary N) is 2. The van der Waals surface area contributed by atoms with Crippen LogP contribution >= 0.6 is 0 Å². The number of carbonyl (C=O) groups is 7. The van der Waals surface area contributed by atoms with Crippen LogP contribution in [0.2, 0.25) is 0 Å². The van der Waals surface area contributed by atoms with Gasteiger partial charge in [0.1, 0.15) is 42.3 Å². The SMILES string of the molecule is COC(=O)[C@H](CC=CC[C@@H]1NC(=O)C2CCCN2C(=O)[C@@H](N=C([O-])OCC2c3ccccc3-c3ccccc32)CCCC[C@@H](C(=O)O)NC(=O)[C@H](CCCN=C(N)N)NC1=O)NC(C)=O. The molecule has 2 fully saturated rings. The van der Waals surface area contributed by atoms with E-state index in [4.69, 9.17) is 20.9 Å². The Morgan fingerprint density at radius 3 is 2.20 bits per heavy atom. The van der Waals surface area contributed by atoms with Gasteiger partial charge in [0.05, 0.1) is 7.11 Å². The number of carbonyl (C=O) groups excluding carboxylic acids is 6. The third kappa shape index (κ3) is 13.5. The number of fused-ring (bicyclic) bond motifs is 4. The van der Waals surface area contributed by atoms with Crippen LogP contribution < -0.4 is 37.8 Å². The summed E-state index contributed by atoms with van der Waals surface area (Å²) in [7, 11) is 1.17. The van der Waals surface area contributed by atoms with Crippen molar-refractivity contribution in [3.8, 4) is 11.1 Å². The third-order valence-corrected chi connectivity index (χ3v) is 11.5. The fourth-order valence-electron chi connectivity index (χ4n) is 8.32. The molecule has 65 heavy (non-hydrogen) atoms. The molecule has 0 saturated carbocycles. The zero-order chi connectivity index (χ0) is 47.0. The molecule has 0 radical (unpaired) electrons. The maximum Gasteiger partial charge on any atom is 0.328 e. The molecule has 350 valence electrons. The molecule has 3 aliphatic rings. The molecule has 5 amide bonds. The Morgan fingerprint density at radius 1 is 0.908 bits per heavy atom. The molecule has 6 atom stereocenters. The van der Waals surface area contributed by atoms with Gasteiger partial charge in [0, 0.05) is 32.5 Å². The van der Waals surface area contributed by atoms with E-state index in [1.54, 1.807) is 0 Å². The molecule has 2 aliphatic heterocycles. The number of methoxy groups -OCH3 is 1. The van der Waals surface area contributed by atoms with Gasteiger partial charge in [-0.15, -0.1) is 0 Å². The van der Waals surface area contributed by atoms with Gasteiger partial charge in [-0.1, -0.05) is 73.5 Å². The zero-order valence-electron chi connectivity index (χ0n) is 36.5. The highest BCUT2D eigenvalue weighted by atomic mass is 16.6. The number of nitrogens with one attached hydrogen (secondary N) is 4. The highest BCUT2D eigenvalue weighted by Crippen LogP contribution is 2.44. The van der Waals surface area contributed by atoms with Crippen molar-refractivity contribution in [2.24, 2.45) is 21.5 Å². The van der Waals surface area contributed by atoms with Crippen molar-refractivity contribution in [3.63, 3.8) is 0 Å². The number of guanidine groups is 1. The van der Waals surface area contributed by atoms with E-state index in [-0.39, 0.29) is 89.4 Å². The summed E-state index contributed by atoms with van der Waals surface area (Å²) in [5, 5.41) is 34.0. The van der Waals surface area contributed by atoms with Crippen LogP contribution in [0.4, 0.5) is 0 Å². The van der Waals surface area contributed by atoms with E-state index in [2.05, 4.69) is 31.3 Å². The lowest BCUT2D eigenvalue weighted by molar-refractivity contribution is -0.251. The van der Waals surface area contributed by atoms with Crippen LogP contribution in [0.5, 0.6) is 0 Å². The topological polar surface area (TPSA) is 309 Å². The zero-order valence-corrected chi connectivity index (χ0v) is 36.5. The number of rotatable bonds is 14. The number of nitrogens with zero attached hydrogens (tertiary/aromatic N) is 3. The van der Waals surface area contributed by atoms with Gasteiger partial charge in [-0.2, -0.15) is 0 Å². The summed E-state index contributed by atoms with van der Waals surface area (Å²) in [6, 6.07) is 8.21. The minimum Gasteiger partial charge on any atom is -0.599 e. The molecular formula is C45H58N9O11-. The average Bonchev–Trinajstić information content (AvgIpc) is 3.90. The highest BCUT2D eigenvalue weighted by molar-refractivity contribution is 5.96. The second kappa shape index (κ2) is 23.6. The molecule has 1 unspecified atom stereocenters. The smallest absolute Gasteiger partial charge is 0.328 e. The van der Waals surface area contributed by atoms with E-state index in [0.29, 0.717) is 6.42 Å². The van der Waals surface area contributed by atoms with E-state index >= 15 is 0 Å². The summed E-state index contributed by atoms with van der Waals surface area (Å²) in [6.45, 7) is 1.43. The number of amides is 5. The molecule has 2 heterocycles. The highest BCUT2D eigenvalue weighted by Gasteiger charge is 2.39. The Hall–Kier alpha value is -6.99. The quantitative estimate of drug-likeness (QED) is 0.0435. The van der Waals surface area contributed by atoms with Crippen LogP contribution in [-0.4, -0.2) is 127 Å². The number of hydrogen-bond donors (Lipinski definition) is 7. The second-order valence-corrected chi connectivity index (χ2v) is 16.1. The molecule has 0 spiro atoms. The summed E-state index contributed by atoms with van der Waals surface area (Å²) < 4.78 is 10.5. The summed E-state index contributed by atoms with van der Waals surface area (Å²) in [5.41, 5.74) is 14.9. The Balaban J connectivity index is 1.42. The minimum atomic E-state index is -1.39. The first-order valence-electron chi connectivity index (χ1n) is 21.7. The van der Waals surface area contributed by atoms with Crippen LogP contribution in [0.15, 0.2) is 70.7 Å². The first-order chi connectivity index (χ1) is 31.2. The van der Waals surface area contributed by atoms with Crippen LogP contribution in [-0.2, 0) is 43.0 Å². The largest absolute Gasteiger partial charge is 0.599 e. The van der Waals surface area contributed by atoms with Gasteiger partial charge in [-0.25, -0.2) is 9.59 Å². The van der Waals surface area contributed by atoms with Crippen LogP contribution in [0, 0.1) is 0 Å². The summed E-state index contributed by atoms with van der Waals surface area (Å²) in [6.07, 6.45) is 3.02. The lowest BCUT2D eigenvalue weighted by Crippen LogP contribution is -2.57. The number of aliphatic carboxylic acids is 1. The number of carboxylic acid groups (broad SMARTS) is 1. The molecule has 20 heteroatoms. The molecular weight excluding hydrogens is 843 g/mol. The fraction of sp³-hybridized carbons (Fsp3) is 0.489. The Morgan fingerprint density at radius 2 is 1.55 bits per heavy atom. The van der Waals surface area contributed by atoms with E-state index in [0.717, 1.165) is 22.3 Å². The van der Waals surface area contributed by atoms with Gasteiger partial charge in [0.25, 0.3) is 0 Å². The first kappa shape index (κ1) is 49.0. The van der Waals surface area contributed by atoms with E-state index in [1.165, 1.54) is 31.1 Å². The Kier molecular flexibility index (Phi) is 17.8. The lowest BCUT2D eigenvalue weighted by atomic mass is 9.98. The fourth-order valence-corrected chi connectivity index (χ4v) is 8.32. The molecule has 2 aromatic carbocycles. The van der Waals surface area contributed by atoms with Gasteiger partial charge >= 0.3 is 11.9 Å². The monoisotopic (exact) mass is 900 g/mol. The first-order valence-corrected chi connectivity index (χ1v) is 21.7. The molecule has 2 saturated heterocycles. The minimum absolute atomic E-state index is 0.0000841. The van der Waals surface area contributed by atoms with Crippen molar-refractivity contribution in [3.05, 3.63) is 71.8 Å². The average molecular weight is 901 g/mol. The number of esters is 1. The van der Waals surface area contributed by atoms with Crippen LogP contribution in [0.25, 0.3) is 11.1 Å². The molecule has 0 aromatic heterocycles. The maximum atomic E-state index is 14.4. The Bertz CT molecular complexity index is 2110. The van der Waals surface area contributed by atoms with Crippen molar-refractivity contribution in [2.45, 2.75) is 113 Å². The van der Waals surface area contributed by atoms with Gasteiger partial charge < -0.3 is 57.3 Å². The van der Waals surface area contributed by atoms with Gasteiger partial charge in [-0.05, 0) is 73.6 Å². The summed E-state index contributed by atoms with van der Waals surface area (Å²) >= 11 is 0. The predicted molar refractivity (Wildman–Crippen MR) is 235 cm³/mol. The number of hydrogen-bond acceptors (Lipinski definition) is 12. The van der Waals surface area contributed by atoms with E-state index < -0.39 is 83.8 Å². The Labute approximate surface area is 376 Å². The standard InChI is InChI=1S/C45H59N9O11/c1-26(55)49-36(43(62)64-2)20-10-7-17-32-38(56)50-33(21-11-23-48-44(46)47)39(57)52-35(42(60)61)19-9-8-18-34(41(59)54-24-12-22-37(54)40(58)51-32)53-45(63)65-25-31-29-15-5-3-13-27(29)28-14-4-6-16-30(28)31/h3-7,10,13-16,31-37H,8-9,11-12,17-25H2,1-2H3,(H,49,55)(H,50,56)(H,51,58)(H,52,57)(H,53,63)(H,60,61)(H4,46,47,48)/p-1/t32-,33-,34-,35-,36-,37?/m0/s1. The van der Waals surface area contributed by atoms with Crippen molar-refractivity contribution in [1.29, 1.82) is 0 Å². The number of carboxylic acids is 1.